The zero-order valence-electron chi connectivity index (χ0n) is 12.6. The Labute approximate surface area is 134 Å². The number of aromatic nitrogens is 2. The predicted octanol–water partition coefficient (Wildman–Crippen LogP) is 3.50. The molecule has 1 aliphatic carbocycles. The van der Waals surface area contributed by atoms with Gasteiger partial charge in [-0.3, -0.25) is 0 Å². The van der Waals surface area contributed by atoms with E-state index in [2.05, 4.69) is 39.8 Å². The van der Waals surface area contributed by atoms with Crippen molar-refractivity contribution >= 4 is 16.5 Å². The van der Waals surface area contributed by atoms with Gasteiger partial charge in [-0.25, -0.2) is 0 Å². The van der Waals surface area contributed by atoms with Crippen molar-refractivity contribution in [2.24, 2.45) is 5.92 Å². The highest BCUT2D eigenvalue weighted by Crippen LogP contribution is 2.38. The van der Waals surface area contributed by atoms with Gasteiger partial charge in [0.05, 0.1) is 6.10 Å². The van der Waals surface area contributed by atoms with E-state index in [1.807, 2.05) is 6.07 Å². The molecule has 5 heteroatoms. The van der Waals surface area contributed by atoms with Crippen LogP contribution in [0.15, 0.2) is 30.3 Å². The van der Waals surface area contributed by atoms with Crippen LogP contribution in [0.5, 0.6) is 0 Å². The van der Waals surface area contributed by atoms with Crippen LogP contribution < -0.4 is 5.32 Å². The summed E-state index contributed by atoms with van der Waals surface area (Å²) < 4.78 is 5.88. The molecule has 4 rings (SSSR count). The van der Waals surface area contributed by atoms with Crippen LogP contribution in [0.25, 0.3) is 0 Å². The number of hydrogen-bond donors (Lipinski definition) is 1. The Kier molecular flexibility index (Phi) is 4.08. The number of hydrogen-bond acceptors (Lipinski definition) is 5. The molecule has 4 nitrogen and oxygen atoms in total. The molecule has 0 amide bonds. The molecule has 1 aromatic heterocycles. The minimum atomic E-state index is 0.461. The molecular weight excluding hydrogens is 294 g/mol. The molecule has 1 saturated carbocycles. The van der Waals surface area contributed by atoms with Crippen molar-refractivity contribution in [1.29, 1.82) is 0 Å². The molecular formula is C17H21N3OS. The predicted molar refractivity (Wildman–Crippen MR) is 88.3 cm³/mol. The van der Waals surface area contributed by atoms with E-state index in [0.29, 0.717) is 12.1 Å². The van der Waals surface area contributed by atoms with Gasteiger partial charge >= 0.3 is 0 Å². The quantitative estimate of drug-likeness (QED) is 0.917. The summed E-state index contributed by atoms with van der Waals surface area (Å²) >= 11 is 1.67. The summed E-state index contributed by atoms with van der Waals surface area (Å²) in [4.78, 5) is 0. The number of ether oxygens (including phenoxy) is 1. The monoisotopic (exact) mass is 315 g/mol. The van der Waals surface area contributed by atoms with E-state index in [4.69, 9.17) is 4.74 Å². The smallest absolute Gasteiger partial charge is 0.205 e. The van der Waals surface area contributed by atoms with E-state index in [9.17, 15) is 0 Å². The minimum absolute atomic E-state index is 0.461. The molecule has 2 aromatic rings. The summed E-state index contributed by atoms with van der Waals surface area (Å²) in [5.41, 5.74) is 1.28. The fourth-order valence-electron chi connectivity index (χ4n) is 3.08. The number of nitrogens with zero attached hydrogens (tertiary/aromatic N) is 2. The molecule has 0 bridgehead atoms. The Bertz CT molecular complexity index is 611. The van der Waals surface area contributed by atoms with Gasteiger partial charge in [-0.1, -0.05) is 41.7 Å². The first-order valence-corrected chi connectivity index (χ1v) is 8.93. The first-order chi connectivity index (χ1) is 10.9. The van der Waals surface area contributed by atoms with E-state index >= 15 is 0 Å². The summed E-state index contributed by atoms with van der Waals surface area (Å²) in [6, 6.07) is 10.9. The summed E-state index contributed by atoms with van der Waals surface area (Å²) in [5, 5.41) is 14.2. The van der Waals surface area contributed by atoms with Crippen LogP contribution in [-0.2, 0) is 11.2 Å². The van der Waals surface area contributed by atoms with Gasteiger partial charge in [-0.15, -0.1) is 10.2 Å². The molecule has 1 aliphatic heterocycles. The normalized spacial score (nSPS) is 25.1. The summed E-state index contributed by atoms with van der Waals surface area (Å²) in [5.74, 6) is 0.813. The van der Waals surface area contributed by atoms with Gasteiger partial charge in [-0.05, 0) is 37.2 Å². The van der Waals surface area contributed by atoms with E-state index < -0.39 is 0 Å². The number of anilines is 1. The van der Waals surface area contributed by atoms with Crippen molar-refractivity contribution in [2.75, 3.05) is 11.9 Å². The maximum atomic E-state index is 5.88. The molecule has 1 aromatic carbocycles. The highest BCUT2D eigenvalue weighted by Gasteiger charge is 2.36. The highest BCUT2D eigenvalue weighted by molar-refractivity contribution is 7.15. The van der Waals surface area contributed by atoms with E-state index in [1.54, 1.807) is 11.3 Å². The number of benzene rings is 1. The largest absolute Gasteiger partial charge is 0.378 e. The molecule has 116 valence electrons. The molecule has 22 heavy (non-hydrogen) atoms. The first-order valence-electron chi connectivity index (χ1n) is 8.11. The van der Waals surface area contributed by atoms with Crippen molar-refractivity contribution < 1.29 is 4.74 Å². The lowest BCUT2D eigenvalue weighted by Crippen LogP contribution is -2.35. The van der Waals surface area contributed by atoms with Gasteiger partial charge < -0.3 is 10.1 Å². The van der Waals surface area contributed by atoms with Gasteiger partial charge in [0, 0.05) is 19.1 Å². The van der Waals surface area contributed by atoms with Crippen LogP contribution in [0.1, 0.15) is 36.3 Å². The van der Waals surface area contributed by atoms with Crippen LogP contribution in [0.2, 0.25) is 0 Å². The van der Waals surface area contributed by atoms with Crippen molar-refractivity contribution in [1.82, 2.24) is 10.2 Å². The minimum Gasteiger partial charge on any atom is -0.378 e. The second-order valence-electron chi connectivity index (χ2n) is 6.28. The standard InChI is InChI=1S/C17H21N3OS/c1-2-4-12(5-3-1)10-16-19-20-17(22-16)18-14-8-9-21-15(11-14)13-6-7-13/h1-5,13-15H,6-11H2,(H,18,20). The number of nitrogens with one attached hydrogen (secondary N) is 1. The van der Waals surface area contributed by atoms with E-state index in [0.717, 1.165) is 41.9 Å². The van der Waals surface area contributed by atoms with Crippen molar-refractivity contribution in [3.8, 4) is 0 Å². The Morgan fingerprint density at radius 2 is 2.00 bits per heavy atom. The second kappa shape index (κ2) is 6.34. The average molecular weight is 315 g/mol. The maximum Gasteiger partial charge on any atom is 0.205 e. The first kappa shape index (κ1) is 14.2. The van der Waals surface area contributed by atoms with Gasteiger partial charge in [-0.2, -0.15) is 0 Å². The molecule has 1 saturated heterocycles. The zero-order chi connectivity index (χ0) is 14.8. The topological polar surface area (TPSA) is 47.0 Å². The lowest BCUT2D eigenvalue weighted by atomic mass is 10.0. The summed E-state index contributed by atoms with van der Waals surface area (Å²) in [6.45, 7) is 0.870. The SMILES string of the molecule is c1ccc(Cc2nnc(NC3CCOC(C4CC4)C3)s2)cc1. The molecule has 0 spiro atoms. The number of rotatable bonds is 5. The molecule has 2 heterocycles. The zero-order valence-corrected chi connectivity index (χ0v) is 13.4. The van der Waals surface area contributed by atoms with Crippen molar-refractivity contribution in [2.45, 2.75) is 44.2 Å². The molecule has 1 N–H and O–H groups in total. The maximum absolute atomic E-state index is 5.88. The van der Waals surface area contributed by atoms with Crippen LogP contribution >= 0.6 is 11.3 Å². The fraction of sp³-hybridized carbons (Fsp3) is 0.529. The molecule has 0 radical (unpaired) electrons. The van der Waals surface area contributed by atoms with E-state index in [-0.39, 0.29) is 0 Å². The van der Waals surface area contributed by atoms with Gasteiger partial charge in [0.1, 0.15) is 5.01 Å². The average Bonchev–Trinajstić information content (AvgIpc) is 3.31. The second-order valence-corrected chi connectivity index (χ2v) is 7.34. The van der Waals surface area contributed by atoms with Crippen molar-refractivity contribution in [3.63, 3.8) is 0 Å². The molecule has 2 fully saturated rings. The van der Waals surface area contributed by atoms with Crippen LogP contribution in [0.4, 0.5) is 5.13 Å². The van der Waals surface area contributed by atoms with Crippen molar-refractivity contribution in [3.05, 3.63) is 40.9 Å². The summed E-state index contributed by atoms with van der Waals surface area (Å²) in [6.07, 6.45) is 6.19. The third-order valence-corrected chi connectivity index (χ3v) is 5.31. The Morgan fingerprint density at radius 3 is 2.82 bits per heavy atom. The van der Waals surface area contributed by atoms with Crippen LogP contribution in [0, 0.1) is 5.92 Å². The van der Waals surface area contributed by atoms with Crippen LogP contribution in [0.3, 0.4) is 0 Å². The third kappa shape index (κ3) is 3.47. The fourth-order valence-corrected chi connectivity index (χ4v) is 3.94. The molecule has 2 unspecified atom stereocenters. The van der Waals surface area contributed by atoms with E-state index in [1.165, 1.54) is 18.4 Å². The molecule has 2 atom stereocenters. The van der Waals surface area contributed by atoms with Gasteiger partial charge in [0.25, 0.3) is 0 Å². The Morgan fingerprint density at radius 1 is 1.14 bits per heavy atom. The highest BCUT2D eigenvalue weighted by atomic mass is 32.1. The molecule has 2 aliphatic rings. The lowest BCUT2D eigenvalue weighted by Gasteiger charge is -2.29. The Balaban J connectivity index is 1.35. The van der Waals surface area contributed by atoms with Gasteiger partial charge in [0.15, 0.2) is 0 Å². The third-order valence-electron chi connectivity index (χ3n) is 4.46. The van der Waals surface area contributed by atoms with Crippen LogP contribution in [-0.4, -0.2) is 29.0 Å². The lowest BCUT2D eigenvalue weighted by molar-refractivity contribution is -0.00219. The Hall–Kier alpha value is -1.46. The van der Waals surface area contributed by atoms with Gasteiger partial charge in [0.2, 0.25) is 5.13 Å². The summed E-state index contributed by atoms with van der Waals surface area (Å²) in [7, 11) is 0.